The molecule has 29 heavy (non-hydrogen) atoms. The molecule has 1 aromatic carbocycles. The number of aromatic amines is 1. The molecule has 0 bridgehead atoms. The number of H-pyrrole nitrogens is 1. The number of alkyl halides is 2. The van der Waals surface area contributed by atoms with Gasteiger partial charge in [-0.25, -0.2) is 8.78 Å². The molecule has 3 aromatic rings. The highest BCUT2D eigenvalue weighted by Gasteiger charge is 2.36. The maximum atomic E-state index is 13.5. The zero-order valence-corrected chi connectivity index (χ0v) is 16.3. The zero-order chi connectivity index (χ0) is 20.6. The summed E-state index contributed by atoms with van der Waals surface area (Å²) in [6.07, 6.45) is 1.22. The van der Waals surface area contributed by atoms with Gasteiger partial charge in [0.05, 0.1) is 5.69 Å². The normalized spacial score (nSPS) is 16.2. The van der Waals surface area contributed by atoms with Crippen molar-refractivity contribution in [1.29, 1.82) is 0 Å². The third kappa shape index (κ3) is 3.90. The van der Waals surface area contributed by atoms with E-state index in [2.05, 4.69) is 20.3 Å². The second-order valence-electron chi connectivity index (χ2n) is 7.22. The smallest absolute Gasteiger partial charge is 0.254 e. The molecule has 0 radical (unpaired) electrons. The van der Waals surface area contributed by atoms with E-state index in [-0.39, 0.29) is 31.8 Å². The van der Waals surface area contributed by atoms with Crippen LogP contribution in [-0.4, -0.2) is 54.8 Å². The molecule has 3 heterocycles. The molecular formula is C20H22F2N6O. The number of rotatable bonds is 4. The first kappa shape index (κ1) is 19.2. The molecule has 0 spiro atoms. The van der Waals surface area contributed by atoms with Gasteiger partial charge in [-0.15, -0.1) is 10.2 Å². The van der Waals surface area contributed by atoms with Gasteiger partial charge < -0.3 is 9.88 Å². The monoisotopic (exact) mass is 400 g/mol. The summed E-state index contributed by atoms with van der Waals surface area (Å²) in [5, 5.41) is 12.6. The number of hydrogen-bond acceptors (Lipinski definition) is 4. The molecule has 1 fully saturated rings. The van der Waals surface area contributed by atoms with Crippen molar-refractivity contribution in [2.45, 2.75) is 39.2 Å². The van der Waals surface area contributed by atoms with Gasteiger partial charge in [-0.3, -0.25) is 9.48 Å². The number of hydrogen-bond donors (Lipinski definition) is 1. The van der Waals surface area contributed by atoms with Gasteiger partial charge in [0.2, 0.25) is 0 Å². The molecule has 0 atom stereocenters. The number of nitrogens with zero attached hydrogens (tertiary/aromatic N) is 5. The Balaban J connectivity index is 1.73. The lowest BCUT2D eigenvalue weighted by Crippen LogP contribution is -2.42. The molecule has 1 aliphatic rings. The number of aromatic nitrogens is 5. The van der Waals surface area contributed by atoms with Crippen LogP contribution < -0.4 is 0 Å². The average molecular weight is 400 g/mol. The number of piperidine rings is 1. The molecule has 0 aliphatic carbocycles. The molecule has 1 amide bonds. The topological polar surface area (TPSA) is 79.7 Å². The van der Waals surface area contributed by atoms with E-state index in [4.69, 9.17) is 0 Å². The van der Waals surface area contributed by atoms with Crippen LogP contribution in [0.4, 0.5) is 8.78 Å². The van der Waals surface area contributed by atoms with Crippen LogP contribution in [0, 0.1) is 6.92 Å². The second kappa shape index (κ2) is 7.38. The van der Waals surface area contributed by atoms with E-state index < -0.39 is 5.92 Å². The summed E-state index contributed by atoms with van der Waals surface area (Å²) in [6, 6.07) is 7.18. The highest BCUT2D eigenvalue weighted by molar-refractivity contribution is 6.01. The number of nitrogens with one attached hydrogen (secondary N) is 1. The first-order valence-electron chi connectivity index (χ1n) is 9.61. The summed E-state index contributed by atoms with van der Waals surface area (Å²) in [4.78, 5) is 17.7. The first-order chi connectivity index (χ1) is 13.9. The van der Waals surface area contributed by atoms with E-state index in [0.29, 0.717) is 35.0 Å². The van der Waals surface area contributed by atoms with Crippen molar-refractivity contribution in [3.63, 3.8) is 0 Å². The minimum Gasteiger partial charge on any atom is -0.338 e. The van der Waals surface area contributed by atoms with Crippen molar-refractivity contribution >= 4 is 5.91 Å². The zero-order valence-electron chi connectivity index (χ0n) is 16.3. The fraction of sp³-hybridized carbons (Fsp3) is 0.400. The van der Waals surface area contributed by atoms with Crippen LogP contribution in [0.2, 0.25) is 0 Å². The molecule has 0 unspecified atom stereocenters. The Labute approximate surface area is 166 Å². The predicted octanol–water partition coefficient (Wildman–Crippen LogP) is 3.53. The second-order valence-corrected chi connectivity index (χ2v) is 7.22. The Morgan fingerprint density at radius 2 is 1.97 bits per heavy atom. The number of aryl methyl sites for hydroxylation is 2. The molecule has 2 aromatic heterocycles. The summed E-state index contributed by atoms with van der Waals surface area (Å²) >= 11 is 0. The highest BCUT2D eigenvalue weighted by Crippen LogP contribution is 2.32. The summed E-state index contributed by atoms with van der Waals surface area (Å²) in [5.74, 6) is -1.68. The van der Waals surface area contributed by atoms with Gasteiger partial charge >= 0.3 is 0 Å². The van der Waals surface area contributed by atoms with Crippen LogP contribution in [0.25, 0.3) is 22.6 Å². The Kier molecular flexibility index (Phi) is 4.89. The van der Waals surface area contributed by atoms with E-state index in [1.54, 1.807) is 16.8 Å². The maximum Gasteiger partial charge on any atom is 0.254 e. The number of benzene rings is 1. The number of carbonyl (C=O) groups excluding carboxylic acids is 1. The molecule has 7 nitrogen and oxygen atoms in total. The molecule has 1 aliphatic heterocycles. The molecule has 0 saturated carbocycles. The Morgan fingerprint density at radius 1 is 1.21 bits per heavy atom. The van der Waals surface area contributed by atoms with E-state index in [9.17, 15) is 13.6 Å². The van der Waals surface area contributed by atoms with Crippen LogP contribution in [0.1, 0.15) is 35.9 Å². The summed E-state index contributed by atoms with van der Waals surface area (Å²) in [7, 11) is 0. The van der Waals surface area contributed by atoms with Crippen molar-refractivity contribution < 1.29 is 13.6 Å². The minimum absolute atomic E-state index is 0.0394. The van der Waals surface area contributed by atoms with Crippen molar-refractivity contribution in [3.05, 3.63) is 41.9 Å². The molecule has 152 valence electrons. The van der Waals surface area contributed by atoms with Crippen LogP contribution in [0.5, 0.6) is 0 Å². The van der Waals surface area contributed by atoms with Crippen LogP contribution in [0.15, 0.2) is 30.5 Å². The van der Waals surface area contributed by atoms with Gasteiger partial charge in [-0.2, -0.15) is 5.10 Å². The number of carbonyl (C=O) groups is 1. The lowest BCUT2D eigenvalue weighted by Gasteiger charge is -2.32. The lowest BCUT2D eigenvalue weighted by molar-refractivity contribution is -0.0494. The van der Waals surface area contributed by atoms with Crippen LogP contribution in [0.3, 0.4) is 0 Å². The fourth-order valence-corrected chi connectivity index (χ4v) is 3.45. The van der Waals surface area contributed by atoms with Crippen molar-refractivity contribution in [2.24, 2.45) is 0 Å². The van der Waals surface area contributed by atoms with Crippen molar-refractivity contribution in [1.82, 2.24) is 29.9 Å². The summed E-state index contributed by atoms with van der Waals surface area (Å²) < 4.78 is 28.8. The Morgan fingerprint density at radius 3 is 2.59 bits per heavy atom. The van der Waals surface area contributed by atoms with Crippen LogP contribution >= 0.6 is 0 Å². The number of halogens is 2. The van der Waals surface area contributed by atoms with Gasteiger partial charge in [0.1, 0.15) is 5.82 Å². The molecule has 1 N–H and O–H groups in total. The van der Waals surface area contributed by atoms with Gasteiger partial charge in [-0.1, -0.05) is 6.07 Å². The summed E-state index contributed by atoms with van der Waals surface area (Å²) in [5.41, 5.74) is 2.51. The highest BCUT2D eigenvalue weighted by atomic mass is 19.3. The SMILES string of the molecule is CCn1ccc(-c2cc(-c3nnc(C)[nH]3)ccc2C(=O)N2CCC(F)(F)CC2)n1. The minimum atomic E-state index is -2.70. The average Bonchev–Trinajstić information content (AvgIpc) is 3.36. The maximum absolute atomic E-state index is 13.5. The van der Waals surface area contributed by atoms with E-state index in [0.717, 1.165) is 5.56 Å². The predicted molar refractivity (Wildman–Crippen MR) is 104 cm³/mol. The number of likely N-dealkylation sites (tertiary alicyclic amines) is 1. The van der Waals surface area contributed by atoms with E-state index in [1.807, 2.05) is 32.2 Å². The van der Waals surface area contributed by atoms with Crippen molar-refractivity contribution in [3.8, 4) is 22.6 Å². The quantitative estimate of drug-likeness (QED) is 0.727. The Hall–Kier alpha value is -3.10. The van der Waals surface area contributed by atoms with Crippen LogP contribution in [-0.2, 0) is 6.54 Å². The summed E-state index contributed by atoms with van der Waals surface area (Å²) in [6.45, 7) is 4.57. The molecule has 9 heteroatoms. The van der Waals surface area contributed by atoms with E-state index >= 15 is 0 Å². The Bertz CT molecular complexity index is 1030. The molecule has 1 saturated heterocycles. The molecular weight excluding hydrogens is 378 g/mol. The standard InChI is InChI=1S/C20H22F2N6O/c1-3-28-9-6-17(26-28)16-12-14(18-23-13(2)24-25-18)4-5-15(16)19(29)27-10-7-20(21,22)8-11-27/h4-6,9,12H,3,7-8,10-11H2,1-2H3,(H,23,24,25). The van der Waals surface area contributed by atoms with Gasteiger partial charge in [0, 0.05) is 55.4 Å². The largest absolute Gasteiger partial charge is 0.338 e. The van der Waals surface area contributed by atoms with Gasteiger partial charge in [0.15, 0.2) is 5.82 Å². The lowest BCUT2D eigenvalue weighted by atomic mass is 9.98. The number of amides is 1. The third-order valence-electron chi connectivity index (χ3n) is 5.15. The fourth-order valence-electron chi connectivity index (χ4n) is 3.45. The van der Waals surface area contributed by atoms with Gasteiger partial charge in [-0.05, 0) is 32.0 Å². The third-order valence-corrected chi connectivity index (χ3v) is 5.15. The van der Waals surface area contributed by atoms with E-state index in [1.165, 1.54) is 4.90 Å². The van der Waals surface area contributed by atoms with Crippen molar-refractivity contribution in [2.75, 3.05) is 13.1 Å². The first-order valence-corrected chi connectivity index (χ1v) is 9.61. The van der Waals surface area contributed by atoms with Gasteiger partial charge in [0.25, 0.3) is 11.8 Å². The molecule has 4 rings (SSSR count).